The summed E-state index contributed by atoms with van der Waals surface area (Å²) in [7, 11) is 0. The molecule has 1 heterocycles. The van der Waals surface area contributed by atoms with Crippen LogP contribution < -0.4 is 5.32 Å². The molecular formula is C20H26N2O. The summed E-state index contributed by atoms with van der Waals surface area (Å²) in [5, 5.41) is 4.24. The van der Waals surface area contributed by atoms with E-state index >= 15 is 0 Å². The van der Waals surface area contributed by atoms with Gasteiger partial charge in [0.05, 0.1) is 11.1 Å². The van der Waals surface area contributed by atoms with Crippen LogP contribution in [0.4, 0.5) is 0 Å². The van der Waals surface area contributed by atoms with Crippen molar-refractivity contribution in [1.82, 2.24) is 10.3 Å². The van der Waals surface area contributed by atoms with Gasteiger partial charge in [0, 0.05) is 17.1 Å². The summed E-state index contributed by atoms with van der Waals surface area (Å²) in [5.74, 6) is 0.606. The molecular weight excluding hydrogens is 284 g/mol. The Balaban J connectivity index is 1.99. The number of aryl methyl sites for hydroxylation is 3. The Morgan fingerprint density at radius 2 is 1.87 bits per heavy atom. The zero-order valence-electron chi connectivity index (χ0n) is 14.6. The summed E-state index contributed by atoms with van der Waals surface area (Å²) in [4.78, 5) is 17.5. The zero-order valence-corrected chi connectivity index (χ0v) is 14.6. The molecule has 0 saturated heterocycles. The number of nitrogens with zero attached hydrogens (tertiary/aromatic N) is 1. The molecule has 1 aromatic heterocycles. The van der Waals surface area contributed by atoms with Crippen LogP contribution in [-0.2, 0) is 0 Å². The SMILES string of the molecule is Cc1cc(C)c2nc(C)cc(C(=O)NC3CCCCC3C)c2c1. The van der Waals surface area contributed by atoms with E-state index in [0.717, 1.165) is 34.1 Å². The van der Waals surface area contributed by atoms with Crippen molar-refractivity contribution in [2.75, 3.05) is 0 Å². The molecule has 0 aliphatic heterocycles. The van der Waals surface area contributed by atoms with Gasteiger partial charge >= 0.3 is 0 Å². The smallest absolute Gasteiger partial charge is 0.252 e. The molecule has 3 nitrogen and oxygen atoms in total. The molecule has 3 rings (SSSR count). The summed E-state index contributed by atoms with van der Waals surface area (Å²) >= 11 is 0. The molecule has 1 aliphatic rings. The van der Waals surface area contributed by atoms with Crippen LogP contribution in [0.2, 0.25) is 0 Å². The van der Waals surface area contributed by atoms with Gasteiger partial charge in [-0.2, -0.15) is 0 Å². The molecule has 1 aromatic carbocycles. The molecule has 0 spiro atoms. The van der Waals surface area contributed by atoms with Crippen molar-refractivity contribution in [3.05, 3.63) is 40.6 Å². The first-order valence-corrected chi connectivity index (χ1v) is 8.65. The van der Waals surface area contributed by atoms with Crippen LogP contribution in [0.5, 0.6) is 0 Å². The van der Waals surface area contributed by atoms with Crippen LogP contribution in [-0.4, -0.2) is 16.9 Å². The summed E-state index contributed by atoms with van der Waals surface area (Å²) in [6, 6.07) is 6.42. The minimum Gasteiger partial charge on any atom is -0.349 e. The summed E-state index contributed by atoms with van der Waals surface area (Å²) < 4.78 is 0. The number of carbonyl (C=O) groups is 1. The predicted molar refractivity (Wildman–Crippen MR) is 94.8 cm³/mol. The number of hydrogen-bond donors (Lipinski definition) is 1. The van der Waals surface area contributed by atoms with Crippen LogP contribution in [0.1, 0.15) is 59.8 Å². The zero-order chi connectivity index (χ0) is 16.6. The van der Waals surface area contributed by atoms with Crippen LogP contribution in [0.25, 0.3) is 10.9 Å². The second-order valence-electron chi connectivity index (χ2n) is 7.13. The van der Waals surface area contributed by atoms with E-state index in [9.17, 15) is 4.79 Å². The average molecular weight is 310 g/mol. The molecule has 1 fully saturated rings. The Morgan fingerprint density at radius 3 is 2.61 bits per heavy atom. The third-order valence-electron chi connectivity index (χ3n) is 5.05. The van der Waals surface area contributed by atoms with Crippen molar-refractivity contribution >= 4 is 16.8 Å². The van der Waals surface area contributed by atoms with Gasteiger partial charge < -0.3 is 5.32 Å². The number of aromatic nitrogens is 1. The van der Waals surface area contributed by atoms with Gasteiger partial charge in [0.2, 0.25) is 0 Å². The van der Waals surface area contributed by atoms with Gasteiger partial charge in [-0.25, -0.2) is 0 Å². The highest BCUT2D eigenvalue weighted by atomic mass is 16.1. The standard InChI is InChI=1S/C20H26N2O/c1-12-9-14(3)19-16(10-12)17(11-15(4)21-19)20(23)22-18-8-6-5-7-13(18)2/h9-11,13,18H,5-8H2,1-4H3,(H,22,23). The maximum Gasteiger partial charge on any atom is 0.252 e. The average Bonchev–Trinajstić information content (AvgIpc) is 2.49. The van der Waals surface area contributed by atoms with Crippen LogP contribution in [0.3, 0.4) is 0 Å². The van der Waals surface area contributed by atoms with Gasteiger partial charge in [-0.1, -0.05) is 31.4 Å². The third kappa shape index (κ3) is 3.24. The fraction of sp³-hybridized carbons (Fsp3) is 0.500. The normalized spacial score (nSPS) is 21.4. The molecule has 0 radical (unpaired) electrons. The number of rotatable bonds is 2. The third-order valence-corrected chi connectivity index (χ3v) is 5.05. The molecule has 2 unspecified atom stereocenters. The van der Waals surface area contributed by atoms with E-state index in [1.807, 2.05) is 13.0 Å². The number of hydrogen-bond acceptors (Lipinski definition) is 2. The van der Waals surface area contributed by atoms with E-state index in [2.05, 4.69) is 43.2 Å². The number of amides is 1. The topological polar surface area (TPSA) is 42.0 Å². The van der Waals surface area contributed by atoms with E-state index in [4.69, 9.17) is 0 Å². The lowest BCUT2D eigenvalue weighted by Gasteiger charge is -2.29. The Kier molecular flexibility index (Phi) is 4.38. The fourth-order valence-electron chi connectivity index (χ4n) is 3.77. The highest BCUT2D eigenvalue weighted by Gasteiger charge is 2.24. The van der Waals surface area contributed by atoms with Crippen LogP contribution in [0, 0.1) is 26.7 Å². The first-order chi connectivity index (χ1) is 11.0. The highest BCUT2D eigenvalue weighted by Crippen LogP contribution is 2.26. The second-order valence-corrected chi connectivity index (χ2v) is 7.13. The Bertz CT molecular complexity index is 751. The number of benzene rings is 1. The largest absolute Gasteiger partial charge is 0.349 e. The van der Waals surface area contributed by atoms with Crippen molar-refractivity contribution in [3.63, 3.8) is 0 Å². The van der Waals surface area contributed by atoms with Gasteiger partial charge in [-0.05, 0) is 57.2 Å². The molecule has 2 atom stereocenters. The van der Waals surface area contributed by atoms with Crippen molar-refractivity contribution in [1.29, 1.82) is 0 Å². The first-order valence-electron chi connectivity index (χ1n) is 8.65. The maximum absolute atomic E-state index is 12.9. The Hall–Kier alpha value is -1.90. The van der Waals surface area contributed by atoms with Crippen LogP contribution in [0.15, 0.2) is 18.2 Å². The fourth-order valence-corrected chi connectivity index (χ4v) is 3.77. The lowest BCUT2D eigenvalue weighted by molar-refractivity contribution is 0.0912. The highest BCUT2D eigenvalue weighted by molar-refractivity contribution is 6.07. The van der Waals surface area contributed by atoms with Crippen molar-refractivity contribution in [2.24, 2.45) is 5.92 Å². The minimum atomic E-state index is 0.0456. The summed E-state index contributed by atoms with van der Waals surface area (Å²) in [6.45, 7) is 8.33. The summed E-state index contributed by atoms with van der Waals surface area (Å²) in [6.07, 6.45) is 4.79. The van der Waals surface area contributed by atoms with E-state index < -0.39 is 0 Å². The minimum absolute atomic E-state index is 0.0456. The molecule has 1 aliphatic carbocycles. The quantitative estimate of drug-likeness (QED) is 0.889. The molecule has 1 amide bonds. The van der Waals surface area contributed by atoms with E-state index in [1.54, 1.807) is 0 Å². The maximum atomic E-state index is 12.9. The number of pyridine rings is 1. The van der Waals surface area contributed by atoms with E-state index in [-0.39, 0.29) is 5.91 Å². The van der Waals surface area contributed by atoms with Gasteiger partial charge in [-0.15, -0.1) is 0 Å². The van der Waals surface area contributed by atoms with Gasteiger partial charge in [-0.3, -0.25) is 9.78 Å². The lowest BCUT2D eigenvalue weighted by atomic mass is 9.85. The monoisotopic (exact) mass is 310 g/mol. The van der Waals surface area contributed by atoms with Gasteiger partial charge in [0.1, 0.15) is 0 Å². The van der Waals surface area contributed by atoms with Crippen molar-refractivity contribution in [2.45, 2.75) is 59.4 Å². The Morgan fingerprint density at radius 1 is 1.13 bits per heavy atom. The van der Waals surface area contributed by atoms with Crippen LogP contribution >= 0.6 is 0 Å². The molecule has 122 valence electrons. The molecule has 3 heteroatoms. The Labute approximate surface area is 138 Å². The first kappa shape index (κ1) is 16.0. The number of carbonyl (C=O) groups excluding carboxylic acids is 1. The molecule has 1 saturated carbocycles. The molecule has 23 heavy (non-hydrogen) atoms. The second kappa shape index (κ2) is 6.31. The van der Waals surface area contributed by atoms with Gasteiger partial charge in [0.15, 0.2) is 0 Å². The number of fused-ring (bicyclic) bond motifs is 1. The van der Waals surface area contributed by atoms with E-state index in [0.29, 0.717) is 12.0 Å². The lowest BCUT2D eigenvalue weighted by Crippen LogP contribution is -2.41. The van der Waals surface area contributed by atoms with Crippen molar-refractivity contribution in [3.8, 4) is 0 Å². The summed E-state index contributed by atoms with van der Waals surface area (Å²) in [5.41, 5.74) is 4.89. The molecule has 2 aromatic rings. The van der Waals surface area contributed by atoms with E-state index in [1.165, 1.54) is 24.8 Å². The number of nitrogens with one attached hydrogen (secondary N) is 1. The predicted octanol–water partition coefficient (Wildman–Crippen LogP) is 4.47. The molecule has 0 bridgehead atoms. The molecule has 1 N–H and O–H groups in total. The van der Waals surface area contributed by atoms with Crippen molar-refractivity contribution < 1.29 is 4.79 Å². The van der Waals surface area contributed by atoms with Gasteiger partial charge in [0.25, 0.3) is 5.91 Å².